The molecular weight excluding hydrogens is 430 g/mol. The number of nitrogens with one attached hydrogen (secondary N) is 1. The Morgan fingerprint density at radius 3 is 2.90 bits per heavy atom. The van der Waals surface area contributed by atoms with Gasteiger partial charge in [0.05, 0.1) is 29.1 Å². The van der Waals surface area contributed by atoms with Gasteiger partial charge in [0.2, 0.25) is 5.91 Å². The van der Waals surface area contributed by atoms with Crippen molar-refractivity contribution >= 4 is 35.1 Å². The molecule has 0 fully saturated rings. The summed E-state index contributed by atoms with van der Waals surface area (Å²) in [7, 11) is 1.59. The molecule has 2 heterocycles. The van der Waals surface area contributed by atoms with Crippen LogP contribution in [-0.4, -0.2) is 34.1 Å². The summed E-state index contributed by atoms with van der Waals surface area (Å²) in [5.74, 6) is 1.51. The molecule has 0 bridgehead atoms. The van der Waals surface area contributed by atoms with E-state index in [0.717, 1.165) is 34.7 Å². The van der Waals surface area contributed by atoms with E-state index in [1.165, 1.54) is 23.5 Å². The summed E-state index contributed by atoms with van der Waals surface area (Å²) in [6.45, 7) is 3.95. The number of fused-ring (bicyclic) bond motifs is 1. The molecule has 0 atom stereocenters. The number of aryl methyl sites for hydroxylation is 3. The Labute approximate surface area is 189 Å². The van der Waals surface area contributed by atoms with Crippen LogP contribution in [0.5, 0.6) is 5.75 Å². The molecule has 1 aliphatic heterocycles. The topological polar surface area (TPSA) is 73.2 Å². The number of benzene rings is 2. The van der Waals surface area contributed by atoms with Gasteiger partial charge in [-0.15, -0.1) is 11.8 Å². The van der Waals surface area contributed by atoms with Crippen LogP contribution in [0.15, 0.2) is 57.3 Å². The second-order valence-electron chi connectivity index (χ2n) is 7.27. The molecule has 1 N–H and O–H groups in total. The first-order valence-corrected chi connectivity index (χ1v) is 11.9. The number of amides is 1. The number of hydrogen-bond donors (Lipinski definition) is 1. The van der Waals surface area contributed by atoms with Gasteiger partial charge in [0, 0.05) is 23.9 Å². The number of aromatic nitrogens is 2. The summed E-state index contributed by atoms with van der Waals surface area (Å²) in [6.07, 6.45) is 0.760. The number of rotatable bonds is 6. The molecule has 1 amide bonds. The highest BCUT2D eigenvalue weighted by molar-refractivity contribution is 8.00. The molecular formula is C23H23N3O3S2. The average molecular weight is 454 g/mol. The summed E-state index contributed by atoms with van der Waals surface area (Å²) in [4.78, 5) is 31.3. The monoisotopic (exact) mass is 453 g/mol. The number of hydrogen-bond acceptors (Lipinski definition) is 6. The van der Waals surface area contributed by atoms with Crippen LogP contribution < -0.4 is 15.6 Å². The van der Waals surface area contributed by atoms with Crippen molar-refractivity contribution in [3.8, 4) is 11.4 Å². The number of carbonyl (C=O) groups excluding carboxylic acids is 1. The normalized spacial score (nSPS) is 12.5. The smallest absolute Gasteiger partial charge is 0.272 e. The highest BCUT2D eigenvalue weighted by Gasteiger charge is 2.23. The van der Waals surface area contributed by atoms with Crippen molar-refractivity contribution in [2.24, 2.45) is 0 Å². The highest BCUT2D eigenvalue weighted by Crippen LogP contribution is 2.30. The minimum atomic E-state index is -0.139. The Morgan fingerprint density at radius 1 is 1.26 bits per heavy atom. The van der Waals surface area contributed by atoms with Crippen molar-refractivity contribution in [3.63, 3.8) is 0 Å². The third kappa shape index (κ3) is 4.65. The summed E-state index contributed by atoms with van der Waals surface area (Å²) in [5, 5.41) is 3.48. The molecule has 3 aromatic rings. The van der Waals surface area contributed by atoms with Crippen LogP contribution in [0.1, 0.15) is 16.8 Å². The van der Waals surface area contributed by atoms with Gasteiger partial charge in [0.15, 0.2) is 5.16 Å². The van der Waals surface area contributed by atoms with Crippen LogP contribution in [0.25, 0.3) is 5.69 Å². The predicted octanol–water partition coefficient (Wildman–Crippen LogP) is 4.24. The van der Waals surface area contributed by atoms with Gasteiger partial charge in [-0.2, -0.15) is 0 Å². The van der Waals surface area contributed by atoms with E-state index in [0.29, 0.717) is 21.5 Å². The molecule has 31 heavy (non-hydrogen) atoms. The van der Waals surface area contributed by atoms with Crippen LogP contribution in [0, 0.1) is 13.8 Å². The van der Waals surface area contributed by atoms with Gasteiger partial charge in [0.1, 0.15) is 5.75 Å². The number of thioether (sulfide) groups is 2. The molecule has 0 saturated heterocycles. The average Bonchev–Trinajstić information content (AvgIpc) is 3.24. The van der Waals surface area contributed by atoms with Gasteiger partial charge < -0.3 is 10.1 Å². The van der Waals surface area contributed by atoms with E-state index in [2.05, 4.69) is 5.32 Å². The van der Waals surface area contributed by atoms with Crippen molar-refractivity contribution in [2.45, 2.75) is 30.3 Å². The Kier molecular flexibility index (Phi) is 6.38. The van der Waals surface area contributed by atoms with E-state index in [4.69, 9.17) is 9.72 Å². The molecule has 160 valence electrons. The van der Waals surface area contributed by atoms with E-state index in [1.807, 2.05) is 50.2 Å². The van der Waals surface area contributed by atoms with Gasteiger partial charge in [-0.3, -0.25) is 14.2 Å². The predicted molar refractivity (Wildman–Crippen MR) is 126 cm³/mol. The lowest BCUT2D eigenvalue weighted by molar-refractivity contribution is -0.113. The summed E-state index contributed by atoms with van der Waals surface area (Å²) in [5.41, 5.74) is 4.27. The zero-order valence-electron chi connectivity index (χ0n) is 17.6. The van der Waals surface area contributed by atoms with Crippen LogP contribution >= 0.6 is 23.5 Å². The molecule has 2 aromatic carbocycles. The van der Waals surface area contributed by atoms with E-state index < -0.39 is 0 Å². The van der Waals surface area contributed by atoms with E-state index in [-0.39, 0.29) is 17.2 Å². The van der Waals surface area contributed by atoms with E-state index in [9.17, 15) is 9.59 Å². The molecule has 0 unspecified atom stereocenters. The molecule has 8 heteroatoms. The molecule has 0 spiro atoms. The molecule has 6 nitrogen and oxygen atoms in total. The second-order valence-corrected chi connectivity index (χ2v) is 9.31. The van der Waals surface area contributed by atoms with Crippen molar-refractivity contribution in [3.05, 3.63) is 69.6 Å². The third-order valence-corrected chi connectivity index (χ3v) is 7.02. The van der Waals surface area contributed by atoms with Crippen molar-refractivity contribution in [1.29, 1.82) is 0 Å². The maximum atomic E-state index is 13.2. The Morgan fingerprint density at radius 2 is 2.10 bits per heavy atom. The third-order valence-electron chi connectivity index (χ3n) is 4.98. The molecule has 4 rings (SSSR count). The minimum Gasteiger partial charge on any atom is -0.497 e. The molecule has 1 aliphatic rings. The fourth-order valence-electron chi connectivity index (χ4n) is 3.35. The summed E-state index contributed by atoms with van der Waals surface area (Å²) in [6, 6.07) is 13.3. The largest absolute Gasteiger partial charge is 0.497 e. The standard InChI is InChI=1S/C23H23N3O3S2/c1-14-7-8-15(2)19(11-14)24-20(27)13-31-23-25-18-9-10-30-21(18)22(28)26(23)16-5-4-6-17(12-16)29-3/h4-8,11-12H,9-10,13H2,1-3H3,(H,24,27). The zero-order chi connectivity index (χ0) is 22.0. The van der Waals surface area contributed by atoms with Gasteiger partial charge in [0.25, 0.3) is 5.56 Å². The summed E-state index contributed by atoms with van der Waals surface area (Å²) < 4.78 is 6.90. The SMILES string of the molecule is COc1cccc(-n2c(SCC(=O)Nc3cc(C)ccc3C)nc3c(c2=O)SCC3)c1. The zero-order valence-corrected chi connectivity index (χ0v) is 19.2. The van der Waals surface area contributed by atoms with Crippen LogP contribution in [0.2, 0.25) is 0 Å². The lowest BCUT2D eigenvalue weighted by Gasteiger charge is -2.15. The minimum absolute atomic E-state index is 0.0989. The fourth-order valence-corrected chi connectivity index (χ4v) is 5.21. The lowest BCUT2D eigenvalue weighted by atomic mass is 10.1. The van der Waals surface area contributed by atoms with Crippen LogP contribution in [-0.2, 0) is 11.2 Å². The maximum Gasteiger partial charge on any atom is 0.272 e. The quantitative estimate of drug-likeness (QED) is 0.445. The van der Waals surface area contributed by atoms with E-state index >= 15 is 0 Å². The first-order valence-electron chi connectivity index (χ1n) is 9.89. The van der Waals surface area contributed by atoms with Crippen LogP contribution in [0.3, 0.4) is 0 Å². The first-order chi connectivity index (χ1) is 15.0. The first kappa shape index (κ1) is 21.5. The van der Waals surface area contributed by atoms with Crippen molar-refractivity contribution in [1.82, 2.24) is 9.55 Å². The molecule has 0 saturated carbocycles. The fraction of sp³-hybridized carbons (Fsp3) is 0.261. The number of nitrogens with zero attached hydrogens (tertiary/aromatic N) is 2. The second kappa shape index (κ2) is 9.20. The van der Waals surface area contributed by atoms with Gasteiger partial charge in [-0.1, -0.05) is 30.0 Å². The van der Waals surface area contributed by atoms with Crippen molar-refractivity contribution in [2.75, 3.05) is 23.9 Å². The number of ether oxygens (including phenoxy) is 1. The maximum absolute atomic E-state index is 13.2. The Balaban J connectivity index is 1.63. The summed E-state index contributed by atoms with van der Waals surface area (Å²) >= 11 is 2.80. The molecule has 0 radical (unpaired) electrons. The molecule has 0 aliphatic carbocycles. The number of methoxy groups -OCH3 is 1. The Bertz CT molecular complexity index is 1210. The van der Waals surface area contributed by atoms with Gasteiger partial charge in [-0.25, -0.2) is 4.98 Å². The lowest BCUT2D eigenvalue weighted by Crippen LogP contribution is -2.24. The van der Waals surface area contributed by atoms with Crippen LogP contribution in [0.4, 0.5) is 5.69 Å². The number of anilines is 1. The highest BCUT2D eigenvalue weighted by atomic mass is 32.2. The van der Waals surface area contributed by atoms with Gasteiger partial charge in [-0.05, 0) is 43.2 Å². The Hall–Kier alpha value is -2.71. The van der Waals surface area contributed by atoms with Crippen molar-refractivity contribution < 1.29 is 9.53 Å². The number of carbonyl (C=O) groups is 1. The van der Waals surface area contributed by atoms with Gasteiger partial charge >= 0.3 is 0 Å². The van der Waals surface area contributed by atoms with E-state index in [1.54, 1.807) is 17.7 Å². The molecule has 1 aromatic heterocycles.